The van der Waals surface area contributed by atoms with Crippen LogP contribution < -0.4 is 4.90 Å². The second-order valence-electron chi connectivity index (χ2n) is 4.43. The smallest absolute Gasteiger partial charge is 0.138 e. The Morgan fingerprint density at radius 3 is 2.67 bits per heavy atom. The number of nitrogens with zero attached hydrogens (tertiary/aromatic N) is 3. The van der Waals surface area contributed by atoms with Crippen molar-refractivity contribution in [2.24, 2.45) is 5.92 Å². The summed E-state index contributed by atoms with van der Waals surface area (Å²) in [5.41, 5.74) is 0.776. The van der Waals surface area contributed by atoms with Gasteiger partial charge in [0.15, 0.2) is 0 Å². The van der Waals surface area contributed by atoms with Crippen LogP contribution in [0.25, 0.3) is 0 Å². The average molecular weight is 292 g/mol. The summed E-state index contributed by atoms with van der Waals surface area (Å²) in [5, 5.41) is 0.418. The molecule has 0 saturated heterocycles. The van der Waals surface area contributed by atoms with Crippen LogP contribution in [0.2, 0.25) is 5.15 Å². The SMILES string of the molecule is COCCN(CC(C)C)c1ncnc(Cl)c1CCl. The number of rotatable bonds is 7. The molecule has 1 aromatic heterocycles. The number of hydrogen-bond donors (Lipinski definition) is 0. The van der Waals surface area contributed by atoms with Gasteiger partial charge < -0.3 is 9.64 Å². The molecule has 6 heteroatoms. The van der Waals surface area contributed by atoms with Crippen molar-refractivity contribution in [3.05, 3.63) is 17.0 Å². The van der Waals surface area contributed by atoms with Gasteiger partial charge in [-0.1, -0.05) is 25.4 Å². The van der Waals surface area contributed by atoms with Crippen molar-refractivity contribution in [2.75, 3.05) is 31.7 Å². The van der Waals surface area contributed by atoms with Crippen molar-refractivity contribution < 1.29 is 4.74 Å². The molecule has 0 unspecified atom stereocenters. The Balaban J connectivity index is 2.99. The fraction of sp³-hybridized carbons (Fsp3) is 0.667. The molecule has 0 N–H and O–H groups in total. The van der Waals surface area contributed by atoms with Crippen molar-refractivity contribution >= 4 is 29.0 Å². The van der Waals surface area contributed by atoms with Crippen LogP contribution in [-0.2, 0) is 10.6 Å². The van der Waals surface area contributed by atoms with Gasteiger partial charge in [-0.3, -0.25) is 0 Å². The lowest BCUT2D eigenvalue weighted by Gasteiger charge is -2.27. The third kappa shape index (κ3) is 4.26. The van der Waals surface area contributed by atoms with Crippen LogP contribution >= 0.6 is 23.2 Å². The fourth-order valence-corrected chi connectivity index (χ4v) is 2.21. The summed E-state index contributed by atoms with van der Waals surface area (Å²) in [5.74, 6) is 1.62. The largest absolute Gasteiger partial charge is 0.383 e. The van der Waals surface area contributed by atoms with Gasteiger partial charge in [-0.15, -0.1) is 11.6 Å². The third-order valence-electron chi connectivity index (χ3n) is 2.45. The molecule has 0 aliphatic heterocycles. The number of aromatic nitrogens is 2. The Bertz CT molecular complexity index is 374. The van der Waals surface area contributed by atoms with Gasteiger partial charge in [-0.05, 0) is 5.92 Å². The first kappa shape index (κ1) is 15.5. The maximum Gasteiger partial charge on any atom is 0.138 e. The van der Waals surface area contributed by atoms with Crippen LogP contribution in [0.3, 0.4) is 0 Å². The zero-order valence-corrected chi connectivity index (χ0v) is 12.5. The highest BCUT2D eigenvalue weighted by atomic mass is 35.5. The number of ether oxygens (including phenoxy) is 1. The molecule has 0 spiro atoms. The number of halogens is 2. The lowest BCUT2D eigenvalue weighted by atomic mass is 10.2. The minimum atomic E-state index is 0.302. The van der Waals surface area contributed by atoms with E-state index in [2.05, 4.69) is 28.7 Å². The monoisotopic (exact) mass is 291 g/mol. The van der Waals surface area contributed by atoms with Crippen molar-refractivity contribution in [1.82, 2.24) is 9.97 Å². The molecular formula is C12H19Cl2N3O. The molecular weight excluding hydrogens is 273 g/mol. The van der Waals surface area contributed by atoms with Crippen LogP contribution in [0.15, 0.2) is 6.33 Å². The number of alkyl halides is 1. The van der Waals surface area contributed by atoms with Crippen molar-refractivity contribution in [1.29, 1.82) is 0 Å². The highest BCUT2D eigenvalue weighted by Crippen LogP contribution is 2.25. The van der Waals surface area contributed by atoms with E-state index >= 15 is 0 Å². The first-order chi connectivity index (χ1) is 8.60. The fourth-order valence-electron chi connectivity index (χ4n) is 1.70. The van der Waals surface area contributed by atoms with Gasteiger partial charge in [-0.2, -0.15) is 0 Å². The molecule has 0 amide bonds. The molecule has 1 heterocycles. The molecule has 0 aromatic carbocycles. The first-order valence-corrected chi connectivity index (χ1v) is 6.80. The minimum absolute atomic E-state index is 0.302. The normalized spacial score (nSPS) is 11.0. The van der Waals surface area contributed by atoms with Crippen LogP contribution in [-0.4, -0.2) is 36.8 Å². The Labute approximate surface area is 118 Å². The van der Waals surface area contributed by atoms with Crippen molar-refractivity contribution in [3.8, 4) is 0 Å². The van der Waals surface area contributed by atoms with Crippen LogP contribution in [0.1, 0.15) is 19.4 Å². The van der Waals surface area contributed by atoms with Gasteiger partial charge in [0.2, 0.25) is 0 Å². The van der Waals surface area contributed by atoms with E-state index in [-0.39, 0.29) is 0 Å². The highest BCUT2D eigenvalue weighted by Gasteiger charge is 2.16. The first-order valence-electron chi connectivity index (χ1n) is 5.89. The van der Waals surface area contributed by atoms with E-state index in [0.29, 0.717) is 23.6 Å². The Hall–Kier alpha value is -0.580. The van der Waals surface area contributed by atoms with Gasteiger partial charge in [0.05, 0.1) is 12.5 Å². The Kier molecular flexibility index (Phi) is 6.68. The summed E-state index contributed by atoms with van der Waals surface area (Å²) < 4.78 is 5.13. The number of anilines is 1. The van der Waals surface area contributed by atoms with Gasteiger partial charge >= 0.3 is 0 Å². The van der Waals surface area contributed by atoms with E-state index < -0.39 is 0 Å². The topological polar surface area (TPSA) is 38.2 Å². The molecule has 102 valence electrons. The van der Waals surface area contributed by atoms with Gasteiger partial charge in [0.1, 0.15) is 17.3 Å². The predicted octanol–water partition coefficient (Wildman–Crippen LogP) is 2.98. The molecule has 0 fully saturated rings. The van der Waals surface area contributed by atoms with E-state index in [1.165, 1.54) is 6.33 Å². The van der Waals surface area contributed by atoms with E-state index in [1.54, 1.807) is 7.11 Å². The van der Waals surface area contributed by atoms with E-state index in [0.717, 1.165) is 24.5 Å². The summed E-state index contributed by atoms with van der Waals surface area (Å²) in [4.78, 5) is 10.4. The van der Waals surface area contributed by atoms with Crippen molar-refractivity contribution in [2.45, 2.75) is 19.7 Å². The average Bonchev–Trinajstić information content (AvgIpc) is 2.33. The molecule has 18 heavy (non-hydrogen) atoms. The molecule has 1 aromatic rings. The summed E-state index contributed by atoms with van der Waals surface area (Å²) in [6.07, 6.45) is 1.47. The molecule has 0 bridgehead atoms. The van der Waals surface area contributed by atoms with Crippen LogP contribution in [0, 0.1) is 5.92 Å². The van der Waals surface area contributed by atoms with Gasteiger partial charge in [-0.25, -0.2) is 9.97 Å². The lowest BCUT2D eigenvalue weighted by molar-refractivity contribution is 0.204. The van der Waals surface area contributed by atoms with Gasteiger partial charge in [0, 0.05) is 25.8 Å². The summed E-state index contributed by atoms with van der Waals surface area (Å²) in [6.45, 7) is 6.58. The Morgan fingerprint density at radius 2 is 2.11 bits per heavy atom. The molecule has 0 atom stereocenters. The van der Waals surface area contributed by atoms with Crippen molar-refractivity contribution in [3.63, 3.8) is 0 Å². The molecule has 0 aliphatic carbocycles. The third-order valence-corrected chi connectivity index (χ3v) is 3.05. The second kappa shape index (κ2) is 7.77. The Morgan fingerprint density at radius 1 is 1.39 bits per heavy atom. The summed E-state index contributed by atoms with van der Waals surface area (Å²) >= 11 is 12.0. The van der Waals surface area contributed by atoms with Crippen LogP contribution in [0.5, 0.6) is 0 Å². The van der Waals surface area contributed by atoms with E-state index in [4.69, 9.17) is 27.9 Å². The zero-order chi connectivity index (χ0) is 13.5. The maximum absolute atomic E-state index is 6.05. The number of hydrogen-bond acceptors (Lipinski definition) is 4. The maximum atomic E-state index is 6.05. The van der Waals surface area contributed by atoms with E-state index in [1.807, 2.05) is 0 Å². The van der Waals surface area contributed by atoms with Gasteiger partial charge in [0.25, 0.3) is 0 Å². The predicted molar refractivity (Wildman–Crippen MR) is 75.5 cm³/mol. The quantitative estimate of drug-likeness (QED) is 0.572. The molecule has 0 radical (unpaired) electrons. The summed E-state index contributed by atoms with van der Waals surface area (Å²) in [6, 6.07) is 0. The molecule has 4 nitrogen and oxygen atoms in total. The number of methoxy groups -OCH3 is 1. The molecule has 0 aliphatic rings. The molecule has 0 saturated carbocycles. The summed E-state index contributed by atoms with van der Waals surface area (Å²) in [7, 11) is 1.68. The standard InChI is InChI=1S/C12H19Cl2N3O/c1-9(2)7-17(4-5-18-3)12-10(6-13)11(14)15-8-16-12/h8-9H,4-7H2,1-3H3. The molecule has 1 rings (SSSR count). The highest BCUT2D eigenvalue weighted by molar-refractivity contribution is 6.31. The second-order valence-corrected chi connectivity index (χ2v) is 5.06. The minimum Gasteiger partial charge on any atom is -0.383 e. The van der Waals surface area contributed by atoms with E-state index in [9.17, 15) is 0 Å². The van der Waals surface area contributed by atoms with Crippen LogP contribution in [0.4, 0.5) is 5.82 Å². The zero-order valence-electron chi connectivity index (χ0n) is 11.0. The lowest BCUT2D eigenvalue weighted by Crippen LogP contribution is -2.32.